The first kappa shape index (κ1) is 54.8. The summed E-state index contributed by atoms with van der Waals surface area (Å²) in [5, 5.41) is 53.4. The number of carbonyl (C=O) groups excluding carboxylic acids is 7. The number of fused-ring (bicyclic) bond motifs is 2. The zero-order valence-corrected chi connectivity index (χ0v) is 39.7. The van der Waals surface area contributed by atoms with Crippen molar-refractivity contribution in [3.05, 3.63) is 29.8 Å². The Labute approximate surface area is 395 Å². The minimum Gasteiger partial charge on any atom is -0.508 e. The highest BCUT2D eigenvalue weighted by Gasteiger charge is 2.47. The lowest BCUT2D eigenvalue weighted by Crippen LogP contribution is -2.61. The van der Waals surface area contributed by atoms with Gasteiger partial charge in [0.25, 0.3) is 5.91 Å². The molecular formula is C48H78N8O11. The van der Waals surface area contributed by atoms with E-state index in [-0.39, 0.29) is 95.7 Å². The number of hydrogen-bond acceptors (Lipinski definition) is 12. The number of amides is 8. The van der Waals surface area contributed by atoms with Crippen LogP contribution >= 0.6 is 0 Å². The highest BCUT2D eigenvalue weighted by Crippen LogP contribution is 2.25. The van der Waals surface area contributed by atoms with E-state index in [2.05, 4.69) is 28.2 Å². The molecule has 19 heteroatoms. The largest absolute Gasteiger partial charge is 0.508 e. The Bertz CT molecular complexity index is 1770. The van der Waals surface area contributed by atoms with Gasteiger partial charge in [0.05, 0.1) is 18.3 Å². The number of nitrogens with zero attached hydrogens (tertiary/aromatic N) is 3. The third kappa shape index (κ3) is 17.0. The van der Waals surface area contributed by atoms with Gasteiger partial charge in [-0.15, -0.1) is 0 Å². The molecule has 4 rings (SSSR count). The van der Waals surface area contributed by atoms with Crippen LogP contribution in [0, 0.1) is 0 Å². The molecule has 10 N–H and O–H groups in total. The maximum absolute atomic E-state index is 14.6. The molecule has 3 saturated heterocycles. The molecule has 0 radical (unpaired) electrons. The molecule has 0 aliphatic carbocycles. The van der Waals surface area contributed by atoms with E-state index in [1.807, 2.05) is 0 Å². The van der Waals surface area contributed by atoms with E-state index < -0.39 is 84.1 Å². The number of urea groups is 1. The molecule has 376 valence electrons. The number of phenols is 1. The number of aliphatic hydroxyl groups is 3. The molecule has 67 heavy (non-hydrogen) atoms. The van der Waals surface area contributed by atoms with Crippen molar-refractivity contribution in [3.63, 3.8) is 0 Å². The first-order chi connectivity index (χ1) is 32.2. The fourth-order valence-corrected chi connectivity index (χ4v) is 9.16. The Kier molecular flexibility index (Phi) is 23.3. The highest BCUT2D eigenvalue weighted by atomic mass is 16.3. The van der Waals surface area contributed by atoms with E-state index >= 15 is 0 Å². The monoisotopic (exact) mass is 943 g/mol. The van der Waals surface area contributed by atoms with Crippen LogP contribution in [0.5, 0.6) is 5.75 Å². The predicted octanol–water partition coefficient (Wildman–Crippen LogP) is 1.86. The van der Waals surface area contributed by atoms with Gasteiger partial charge >= 0.3 is 6.03 Å². The SMILES string of the molecule is CCCCCCCCCCCCCC(=O)N[C@H]1CCCNC(=O)[C@@H]2C(O)CCN2C(=O)[C@H](CCCN)NC(=O)N(CCCc2ccc(O)cc2)C(=O)[C@@H]2C[C@@H](O)CN2C(=O)[C@H]([C@@H](C)O)NC1=O. The van der Waals surface area contributed by atoms with E-state index in [0.29, 0.717) is 12.8 Å². The molecule has 8 atom stereocenters. The van der Waals surface area contributed by atoms with Gasteiger partial charge in [0.1, 0.15) is 36.0 Å². The summed E-state index contributed by atoms with van der Waals surface area (Å²) in [7, 11) is 0. The Hall–Kier alpha value is -4.85. The number of carbonyl (C=O) groups is 7. The molecule has 1 aromatic rings. The summed E-state index contributed by atoms with van der Waals surface area (Å²) < 4.78 is 0. The Morgan fingerprint density at radius 2 is 1.48 bits per heavy atom. The fourth-order valence-electron chi connectivity index (χ4n) is 9.16. The average Bonchev–Trinajstić information content (AvgIpc) is 3.89. The second kappa shape index (κ2) is 28.5. The number of aromatic hydroxyl groups is 1. The normalized spacial score (nSPS) is 25.3. The highest BCUT2D eigenvalue weighted by molar-refractivity contribution is 6.02. The number of phenolic OH excluding ortho intramolecular Hbond substituents is 1. The Morgan fingerprint density at radius 1 is 0.821 bits per heavy atom. The number of unbranched alkanes of at least 4 members (excludes halogenated alkanes) is 10. The van der Waals surface area contributed by atoms with Gasteiger partial charge in [-0.1, -0.05) is 83.3 Å². The van der Waals surface area contributed by atoms with Crippen LogP contribution in [0.3, 0.4) is 0 Å². The predicted molar refractivity (Wildman–Crippen MR) is 250 cm³/mol. The third-order valence-electron chi connectivity index (χ3n) is 13.0. The van der Waals surface area contributed by atoms with Crippen LogP contribution in [0.2, 0.25) is 0 Å². The van der Waals surface area contributed by atoms with Gasteiger partial charge in [0.15, 0.2) is 0 Å². The zero-order chi connectivity index (χ0) is 48.9. The summed E-state index contributed by atoms with van der Waals surface area (Å²) in [4.78, 5) is 102. The van der Waals surface area contributed by atoms with E-state index in [1.165, 1.54) is 62.5 Å². The zero-order valence-electron chi connectivity index (χ0n) is 39.7. The van der Waals surface area contributed by atoms with Gasteiger partial charge in [0, 0.05) is 39.0 Å². The standard InChI is InChI=1S/C48H78N8O11/c1-3-4-5-6-7-8-9-10-11-12-13-20-40(61)51-36-19-15-27-50-44(63)42-39(60)25-29-54(42)45(64)37(18-14-26-49)52-48(67)55(28-16-17-33-21-23-34(58)24-22-33)46(65)38-30-35(59)31-56(38)47(66)41(32(2)57)53-43(36)62/h21-24,32,35-39,41-42,57-60H,3-20,25-31,49H2,1-2H3,(H,50,63)(H,51,61)(H,52,67)(H,53,62)/t32-,35-,36+,37+,38+,39?,41+,42+/m1/s1. The first-order valence-corrected chi connectivity index (χ1v) is 24.8. The number of benzene rings is 1. The molecule has 8 amide bonds. The number of nitrogens with one attached hydrogen (secondary N) is 4. The lowest BCUT2D eigenvalue weighted by Gasteiger charge is -2.34. The molecule has 0 saturated carbocycles. The molecule has 3 heterocycles. The van der Waals surface area contributed by atoms with Crippen molar-refractivity contribution in [1.82, 2.24) is 36.0 Å². The summed E-state index contributed by atoms with van der Waals surface area (Å²) in [6.07, 6.45) is 9.13. The third-order valence-corrected chi connectivity index (χ3v) is 13.0. The van der Waals surface area contributed by atoms with Crippen molar-refractivity contribution in [3.8, 4) is 5.75 Å². The van der Waals surface area contributed by atoms with Crippen LogP contribution in [-0.4, -0.2) is 158 Å². The molecule has 0 bridgehead atoms. The lowest BCUT2D eigenvalue weighted by atomic mass is 10.0. The van der Waals surface area contributed by atoms with Crippen LogP contribution in [-0.2, 0) is 35.2 Å². The van der Waals surface area contributed by atoms with Crippen molar-refractivity contribution in [2.45, 2.75) is 191 Å². The smallest absolute Gasteiger partial charge is 0.324 e. The van der Waals surface area contributed by atoms with E-state index in [1.54, 1.807) is 12.1 Å². The van der Waals surface area contributed by atoms with E-state index in [4.69, 9.17) is 5.73 Å². The number of aryl methyl sites for hydroxylation is 1. The maximum atomic E-state index is 14.6. The summed E-state index contributed by atoms with van der Waals surface area (Å²) in [5.74, 6) is -4.24. The molecular weight excluding hydrogens is 865 g/mol. The fraction of sp³-hybridized carbons (Fsp3) is 0.729. The molecule has 0 spiro atoms. The molecule has 3 aliphatic rings. The van der Waals surface area contributed by atoms with Gasteiger partial charge < -0.3 is 57.2 Å². The van der Waals surface area contributed by atoms with Crippen LogP contribution in [0.4, 0.5) is 4.79 Å². The molecule has 3 fully saturated rings. The quantitative estimate of drug-likeness (QED) is 0.0799. The van der Waals surface area contributed by atoms with Gasteiger partial charge in [-0.2, -0.15) is 0 Å². The Morgan fingerprint density at radius 3 is 2.12 bits per heavy atom. The second-order valence-electron chi connectivity index (χ2n) is 18.5. The summed E-state index contributed by atoms with van der Waals surface area (Å²) in [6.45, 7) is 3.06. The van der Waals surface area contributed by atoms with Crippen LogP contribution in [0.25, 0.3) is 0 Å². The number of hydrogen-bond donors (Lipinski definition) is 9. The van der Waals surface area contributed by atoms with Gasteiger partial charge in [0.2, 0.25) is 29.5 Å². The van der Waals surface area contributed by atoms with Crippen LogP contribution < -0.4 is 27.0 Å². The summed E-state index contributed by atoms with van der Waals surface area (Å²) >= 11 is 0. The molecule has 3 aliphatic heterocycles. The van der Waals surface area contributed by atoms with Crippen molar-refractivity contribution >= 4 is 41.5 Å². The summed E-state index contributed by atoms with van der Waals surface area (Å²) in [5.41, 5.74) is 6.61. The van der Waals surface area contributed by atoms with Gasteiger partial charge in [-0.3, -0.25) is 33.7 Å². The maximum Gasteiger partial charge on any atom is 0.324 e. The first-order valence-electron chi connectivity index (χ1n) is 24.8. The molecule has 1 unspecified atom stereocenters. The van der Waals surface area contributed by atoms with Crippen LogP contribution in [0.15, 0.2) is 24.3 Å². The lowest BCUT2D eigenvalue weighted by molar-refractivity contribution is -0.146. The van der Waals surface area contributed by atoms with Crippen LogP contribution in [0.1, 0.15) is 141 Å². The molecule has 0 aromatic heterocycles. The van der Waals surface area contributed by atoms with Crippen molar-refractivity contribution in [1.29, 1.82) is 0 Å². The number of nitrogens with two attached hydrogens (primary N) is 1. The minimum absolute atomic E-state index is 0.00251. The van der Waals surface area contributed by atoms with Crippen molar-refractivity contribution < 1.29 is 54.0 Å². The molecule has 1 aromatic carbocycles. The van der Waals surface area contributed by atoms with E-state index in [9.17, 15) is 54.0 Å². The van der Waals surface area contributed by atoms with Gasteiger partial charge in [-0.25, -0.2) is 4.79 Å². The van der Waals surface area contributed by atoms with Crippen molar-refractivity contribution in [2.75, 3.05) is 32.7 Å². The van der Waals surface area contributed by atoms with Crippen molar-refractivity contribution in [2.24, 2.45) is 5.73 Å². The Balaban J connectivity index is 1.59. The summed E-state index contributed by atoms with van der Waals surface area (Å²) in [6, 6.07) is -1.45. The minimum atomic E-state index is -1.63. The number of aliphatic hydroxyl groups excluding tert-OH is 3. The van der Waals surface area contributed by atoms with E-state index in [0.717, 1.165) is 41.0 Å². The number of imide groups is 1. The topological polar surface area (TPSA) is 284 Å². The number of rotatable bonds is 21. The average molecular weight is 943 g/mol. The molecule has 19 nitrogen and oxygen atoms in total. The van der Waals surface area contributed by atoms with Gasteiger partial charge in [-0.05, 0) is 82.5 Å². The second-order valence-corrected chi connectivity index (χ2v) is 18.5.